The number of hydrogen-bond acceptors (Lipinski definition) is 4. The summed E-state index contributed by atoms with van der Waals surface area (Å²) in [7, 11) is 0. The Labute approximate surface area is 152 Å². The summed E-state index contributed by atoms with van der Waals surface area (Å²) in [5, 5.41) is 0. The summed E-state index contributed by atoms with van der Waals surface area (Å²) in [6.45, 7) is 7.95. The second-order valence-electron chi connectivity index (χ2n) is 9.46. The summed E-state index contributed by atoms with van der Waals surface area (Å²) < 4.78 is 11.8. The van der Waals surface area contributed by atoms with Gasteiger partial charge in [0.15, 0.2) is 0 Å². The van der Waals surface area contributed by atoms with Gasteiger partial charge >= 0.3 is 11.9 Å². The molecule has 25 heavy (non-hydrogen) atoms. The average Bonchev–Trinajstić information content (AvgIpc) is 3.15. The van der Waals surface area contributed by atoms with Crippen LogP contribution in [0.1, 0.15) is 85.5 Å². The van der Waals surface area contributed by atoms with Crippen LogP contribution >= 0.6 is 0 Å². The molecule has 0 aromatic carbocycles. The normalized spacial score (nSPS) is 33.9. The average molecular weight is 350 g/mol. The number of esters is 2. The van der Waals surface area contributed by atoms with Gasteiger partial charge in [0.25, 0.3) is 0 Å². The van der Waals surface area contributed by atoms with Gasteiger partial charge in [-0.2, -0.15) is 0 Å². The molecule has 3 rings (SSSR count). The Morgan fingerprint density at radius 3 is 2.36 bits per heavy atom. The molecule has 0 aromatic rings. The zero-order chi connectivity index (χ0) is 18.2. The molecule has 0 N–H and O–H groups in total. The topological polar surface area (TPSA) is 52.6 Å². The van der Waals surface area contributed by atoms with Crippen LogP contribution in [0.25, 0.3) is 0 Å². The van der Waals surface area contributed by atoms with Gasteiger partial charge in [0.2, 0.25) is 0 Å². The molecule has 4 nitrogen and oxygen atoms in total. The van der Waals surface area contributed by atoms with Crippen LogP contribution < -0.4 is 0 Å². The highest BCUT2D eigenvalue weighted by Gasteiger charge is 2.52. The molecule has 4 heteroatoms. The predicted octanol–water partition coefficient (Wildman–Crippen LogP) is 4.65. The van der Waals surface area contributed by atoms with Crippen molar-refractivity contribution in [1.82, 2.24) is 0 Å². The van der Waals surface area contributed by atoms with Gasteiger partial charge in [-0.3, -0.25) is 9.59 Å². The molecule has 0 amide bonds. The monoisotopic (exact) mass is 350 g/mol. The van der Waals surface area contributed by atoms with E-state index >= 15 is 0 Å². The molecule has 3 aliphatic carbocycles. The lowest BCUT2D eigenvalue weighted by atomic mass is 9.84. The van der Waals surface area contributed by atoms with Crippen molar-refractivity contribution in [2.45, 2.75) is 97.2 Å². The van der Waals surface area contributed by atoms with Crippen molar-refractivity contribution >= 4 is 11.9 Å². The van der Waals surface area contributed by atoms with Crippen molar-refractivity contribution in [3.8, 4) is 0 Å². The summed E-state index contributed by atoms with van der Waals surface area (Å²) >= 11 is 0. The maximum absolute atomic E-state index is 12.8. The summed E-state index contributed by atoms with van der Waals surface area (Å²) in [6, 6.07) is 0. The van der Waals surface area contributed by atoms with E-state index in [0.717, 1.165) is 51.4 Å². The van der Waals surface area contributed by atoms with E-state index in [1.807, 2.05) is 20.8 Å². The molecule has 142 valence electrons. The number of hydrogen-bond donors (Lipinski definition) is 0. The van der Waals surface area contributed by atoms with Crippen molar-refractivity contribution in [1.29, 1.82) is 0 Å². The minimum absolute atomic E-state index is 0.0487. The van der Waals surface area contributed by atoms with E-state index in [1.54, 1.807) is 0 Å². The molecule has 0 heterocycles. The molecular formula is C21H34O4. The largest absolute Gasteiger partial charge is 0.462 e. The van der Waals surface area contributed by atoms with Crippen LogP contribution in [-0.4, -0.2) is 23.6 Å². The lowest BCUT2D eigenvalue weighted by Gasteiger charge is -2.36. The van der Waals surface area contributed by atoms with Crippen molar-refractivity contribution in [2.75, 3.05) is 0 Å². The highest BCUT2D eigenvalue weighted by Crippen LogP contribution is 2.51. The molecule has 3 aliphatic rings. The SMILES string of the molecule is CCC(C)(C)C(=O)OC1CC2CC(C(=O)OC3(C)CCCCC3)C1C2. The molecule has 0 aliphatic heterocycles. The fourth-order valence-electron chi connectivity index (χ4n) is 4.85. The van der Waals surface area contributed by atoms with Gasteiger partial charge in [0, 0.05) is 5.92 Å². The van der Waals surface area contributed by atoms with Crippen molar-refractivity contribution < 1.29 is 19.1 Å². The molecule has 0 aromatic heterocycles. The molecule has 0 spiro atoms. The van der Waals surface area contributed by atoms with E-state index in [2.05, 4.69) is 6.92 Å². The van der Waals surface area contributed by atoms with Gasteiger partial charge in [0.1, 0.15) is 11.7 Å². The van der Waals surface area contributed by atoms with Crippen LogP contribution in [0.4, 0.5) is 0 Å². The number of carbonyl (C=O) groups excluding carboxylic acids is 2. The lowest BCUT2D eigenvalue weighted by molar-refractivity contribution is -0.175. The molecule has 0 saturated heterocycles. The second-order valence-corrected chi connectivity index (χ2v) is 9.46. The number of fused-ring (bicyclic) bond motifs is 2. The fourth-order valence-corrected chi connectivity index (χ4v) is 4.85. The smallest absolute Gasteiger partial charge is 0.311 e. The van der Waals surface area contributed by atoms with Crippen molar-refractivity contribution in [3.05, 3.63) is 0 Å². The first-order valence-electron chi connectivity index (χ1n) is 10.2. The van der Waals surface area contributed by atoms with Crippen LogP contribution in [0.15, 0.2) is 0 Å². The minimum Gasteiger partial charge on any atom is -0.462 e. The van der Waals surface area contributed by atoms with Crippen LogP contribution in [0.5, 0.6) is 0 Å². The van der Waals surface area contributed by atoms with E-state index in [9.17, 15) is 9.59 Å². The first-order valence-corrected chi connectivity index (χ1v) is 10.2. The summed E-state index contributed by atoms with van der Waals surface area (Å²) in [5.41, 5.74) is -0.735. The quantitative estimate of drug-likeness (QED) is 0.678. The molecule has 4 atom stereocenters. The molecule has 0 radical (unpaired) electrons. The molecular weight excluding hydrogens is 316 g/mol. The third kappa shape index (κ3) is 3.88. The first kappa shape index (κ1) is 18.7. The number of rotatable bonds is 5. The van der Waals surface area contributed by atoms with Gasteiger partial charge in [-0.25, -0.2) is 0 Å². The van der Waals surface area contributed by atoms with Gasteiger partial charge < -0.3 is 9.47 Å². The van der Waals surface area contributed by atoms with E-state index in [0.29, 0.717) is 5.92 Å². The predicted molar refractivity (Wildman–Crippen MR) is 95.9 cm³/mol. The third-order valence-electron chi connectivity index (χ3n) is 7.01. The number of ether oxygens (including phenoxy) is 2. The van der Waals surface area contributed by atoms with Crippen LogP contribution in [0.3, 0.4) is 0 Å². The van der Waals surface area contributed by atoms with Gasteiger partial charge in [-0.1, -0.05) is 13.3 Å². The van der Waals surface area contributed by atoms with E-state index in [-0.39, 0.29) is 35.5 Å². The third-order valence-corrected chi connectivity index (χ3v) is 7.01. The molecule has 4 unspecified atom stereocenters. The highest BCUT2D eigenvalue weighted by atomic mass is 16.6. The first-order chi connectivity index (χ1) is 11.7. The maximum atomic E-state index is 12.8. The van der Waals surface area contributed by atoms with Crippen LogP contribution in [0.2, 0.25) is 0 Å². The molecule has 2 bridgehead atoms. The van der Waals surface area contributed by atoms with Crippen LogP contribution in [-0.2, 0) is 19.1 Å². The molecule has 3 fully saturated rings. The van der Waals surface area contributed by atoms with Crippen molar-refractivity contribution in [3.63, 3.8) is 0 Å². The Morgan fingerprint density at radius 2 is 1.76 bits per heavy atom. The Hall–Kier alpha value is -1.06. The Morgan fingerprint density at radius 1 is 1.08 bits per heavy atom. The van der Waals surface area contributed by atoms with Crippen molar-refractivity contribution in [2.24, 2.45) is 23.2 Å². The lowest BCUT2D eigenvalue weighted by Crippen LogP contribution is -2.41. The van der Waals surface area contributed by atoms with Crippen LogP contribution in [0, 0.1) is 23.2 Å². The second kappa shape index (κ2) is 6.92. The standard InChI is InChI=1S/C21H34O4/c1-5-20(2,3)19(23)24-17-13-14-11-15(17)16(12-14)18(22)25-21(4)9-7-6-8-10-21/h14-17H,5-13H2,1-4H3. The van der Waals surface area contributed by atoms with Gasteiger partial charge in [-0.05, 0) is 78.1 Å². The summed E-state index contributed by atoms with van der Waals surface area (Å²) in [5.74, 6) is 0.400. The maximum Gasteiger partial charge on any atom is 0.311 e. The fraction of sp³-hybridized carbons (Fsp3) is 0.905. The van der Waals surface area contributed by atoms with E-state index in [1.165, 1.54) is 6.42 Å². The Balaban J connectivity index is 1.60. The zero-order valence-corrected chi connectivity index (χ0v) is 16.3. The Bertz CT molecular complexity index is 518. The van der Waals surface area contributed by atoms with E-state index < -0.39 is 5.41 Å². The molecule has 3 saturated carbocycles. The summed E-state index contributed by atoms with van der Waals surface area (Å²) in [4.78, 5) is 25.3. The minimum atomic E-state index is -0.451. The zero-order valence-electron chi connectivity index (χ0n) is 16.3. The highest BCUT2D eigenvalue weighted by molar-refractivity contribution is 5.77. The van der Waals surface area contributed by atoms with Gasteiger partial charge in [0.05, 0.1) is 11.3 Å². The Kier molecular flexibility index (Phi) is 5.18. The van der Waals surface area contributed by atoms with Gasteiger partial charge in [-0.15, -0.1) is 0 Å². The van der Waals surface area contributed by atoms with E-state index in [4.69, 9.17) is 9.47 Å². The summed E-state index contributed by atoms with van der Waals surface area (Å²) in [6.07, 6.45) is 8.96. The number of carbonyl (C=O) groups is 2.